The Morgan fingerprint density at radius 1 is 0.780 bits per heavy atom. The Balaban J connectivity index is 0.00000365. The highest BCUT2D eigenvalue weighted by Gasteiger charge is 2.40. The number of likely N-dealkylation sites (tertiary alicyclic amines) is 1. The number of phenolic OH excluding ortho intramolecular Hbond substituents is 1. The molecule has 2 fully saturated rings. The number of imidazole rings is 1. The topological polar surface area (TPSA) is 401 Å². The Hall–Kier alpha value is -8.58. The number of Topliss-reactive ketones (excluding diaryl/α,β-unsaturated/α-hetero) is 5. The van der Waals surface area contributed by atoms with E-state index < -0.39 is 108 Å². The first-order valence-electron chi connectivity index (χ1n) is 31.5. The number of guanidine groups is 1. The van der Waals surface area contributed by atoms with Crippen molar-refractivity contribution in [2.24, 2.45) is 52.0 Å². The molecule has 0 bridgehead atoms. The van der Waals surface area contributed by atoms with Crippen LogP contribution in [0.25, 0.3) is 10.9 Å². The number of hydrogen-bond acceptors (Lipinski definition) is 16. The monoisotopic (exact) mass is 1260 g/mol. The number of fused-ring (bicyclic) bond motifs is 1. The molecule has 0 radical (unpaired) electrons. The van der Waals surface area contributed by atoms with Crippen molar-refractivity contribution in [1.29, 1.82) is 0 Å². The van der Waals surface area contributed by atoms with E-state index in [2.05, 4.69) is 52.7 Å². The molecule has 6 rings (SSSR count). The van der Waals surface area contributed by atoms with Crippen LogP contribution in [-0.2, 0) is 72.1 Å². The van der Waals surface area contributed by atoms with Gasteiger partial charge in [0.25, 0.3) is 0 Å². The summed E-state index contributed by atoms with van der Waals surface area (Å²) in [6.45, 7) is 12.2. The molecule has 496 valence electrons. The molecule has 13 N–H and O–H groups in total. The minimum Gasteiger partial charge on any atom is -0.508 e. The maximum absolute atomic E-state index is 14.8. The molecule has 0 saturated carbocycles. The highest BCUT2D eigenvalue weighted by molar-refractivity contribution is 5.99. The molecule has 5 amide bonds. The van der Waals surface area contributed by atoms with Crippen molar-refractivity contribution in [2.45, 2.75) is 174 Å². The zero-order chi connectivity index (χ0) is 66.7. The van der Waals surface area contributed by atoms with Gasteiger partial charge in [-0.3, -0.25) is 52.9 Å². The molecule has 4 heterocycles. The number of nitrogens with zero attached hydrogens (tertiary/aromatic N) is 3. The summed E-state index contributed by atoms with van der Waals surface area (Å²) >= 11 is 0. The number of aromatic amines is 2. The van der Waals surface area contributed by atoms with Gasteiger partial charge in [0, 0.05) is 105 Å². The standard InChI is InChI=1S/C64H89N11O12.C2H4O2/c1-6-11-54(78)53-15-10-23-75(53)63(87)40(12-9-22-68-64(65)66)29-56(80)50(25-38(4)5)72-60(84)41(24-37(2)3)30-57(81)51(26-39-16-18-46(77)19-17-39)73-62(86)44(35-76)32-58(82)52(28-43-33-69-48-14-8-7-13-47(43)48)74-61(85)42(27-45-34-67-36-70-45)31-55(79)49-20-21-59(83)71-49;1-2-4-3/h7-8,13-14,16-19,33-34,36-38,40-42,44,49-53,69,76-77H,6,9-12,15,20-32,35H2,1-5H3,(H,67,70)(H,71,83)(H,72,84)(H,73,86)(H,74,85)(H4,65,66,68);2-3H,1H2/t40-,41+,42-,44+,49+,50+,51+,52+,53+;/m1./s1. The lowest BCUT2D eigenvalue weighted by atomic mass is 9.86. The number of amides is 5. The minimum atomic E-state index is -1.45. The fraction of sp³-hybridized carbons (Fsp3) is 0.545. The van der Waals surface area contributed by atoms with Gasteiger partial charge in [0.2, 0.25) is 29.5 Å². The minimum absolute atomic E-state index is 0.0279. The second kappa shape index (κ2) is 36.9. The number of carbonyl (C=O) groups is 10. The van der Waals surface area contributed by atoms with E-state index in [0.29, 0.717) is 55.5 Å². The number of para-hydroxylation sites is 1. The predicted octanol–water partition coefficient (Wildman–Crippen LogP) is 4.78. The van der Waals surface area contributed by atoms with Crippen LogP contribution in [0.5, 0.6) is 5.75 Å². The normalized spacial score (nSPS) is 16.8. The van der Waals surface area contributed by atoms with Gasteiger partial charge in [-0.15, -0.1) is 0 Å². The second-order valence-corrected chi connectivity index (χ2v) is 24.6. The highest BCUT2D eigenvalue weighted by Crippen LogP contribution is 2.28. The van der Waals surface area contributed by atoms with E-state index in [-0.39, 0.29) is 118 Å². The van der Waals surface area contributed by atoms with E-state index in [1.807, 2.05) is 58.9 Å². The zero-order valence-corrected chi connectivity index (χ0v) is 53.0. The summed E-state index contributed by atoms with van der Waals surface area (Å²) < 4.78 is 0. The van der Waals surface area contributed by atoms with Crippen LogP contribution in [0.15, 0.2) is 85.1 Å². The highest BCUT2D eigenvalue weighted by atomic mass is 17.1. The molecule has 25 heteroatoms. The fourth-order valence-electron chi connectivity index (χ4n) is 11.8. The third-order valence-corrected chi connectivity index (χ3v) is 16.4. The number of rotatable bonds is 38. The third kappa shape index (κ3) is 23.3. The number of carbonyl (C=O) groups excluding carboxylic acids is 10. The van der Waals surface area contributed by atoms with E-state index >= 15 is 0 Å². The number of phenols is 1. The first kappa shape index (κ1) is 73.2. The van der Waals surface area contributed by atoms with Crippen LogP contribution >= 0.6 is 0 Å². The van der Waals surface area contributed by atoms with Gasteiger partial charge >= 0.3 is 0 Å². The summed E-state index contributed by atoms with van der Waals surface area (Å²) in [7, 11) is 0. The number of aromatic hydroxyl groups is 1. The predicted molar refractivity (Wildman–Crippen MR) is 340 cm³/mol. The van der Waals surface area contributed by atoms with Gasteiger partial charge in [0.15, 0.2) is 34.9 Å². The van der Waals surface area contributed by atoms with E-state index in [4.69, 9.17) is 16.7 Å². The van der Waals surface area contributed by atoms with Gasteiger partial charge in [0.05, 0.1) is 55.0 Å². The third-order valence-electron chi connectivity index (χ3n) is 16.4. The molecule has 25 nitrogen and oxygen atoms in total. The molecule has 4 aromatic rings. The van der Waals surface area contributed by atoms with Crippen LogP contribution in [-0.4, -0.2) is 150 Å². The van der Waals surface area contributed by atoms with Gasteiger partial charge in [-0.2, -0.15) is 0 Å². The molecule has 2 aromatic heterocycles. The molecule has 0 unspecified atom stereocenters. The average Bonchev–Trinajstić information content (AvgIpc) is 1.90. The molecule has 0 aliphatic carbocycles. The molecule has 91 heavy (non-hydrogen) atoms. The molecule has 0 spiro atoms. The van der Waals surface area contributed by atoms with Crippen molar-refractivity contribution in [3.05, 3.63) is 96.9 Å². The average molecular weight is 1260 g/mol. The van der Waals surface area contributed by atoms with Crippen LogP contribution in [0.2, 0.25) is 0 Å². The van der Waals surface area contributed by atoms with Crippen LogP contribution in [0.3, 0.4) is 0 Å². The summed E-state index contributed by atoms with van der Waals surface area (Å²) in [4.78, 5) is 160. The van der Waals surface area contributed by atoms with Crippen molar-refractivity contribution >= 4 is 75.3 Å². The summed E-state index contributed by atoms with van der Waals surface area (Å²) in [6, 6.07) is 8.26. The van der Waals surface area contributed by atoms with Gasteiger partial charge in [0.1, 0.15) is 12.0 Å². The van der Waals surface area contributed by atoms with Crippen LogP contribution in [0, 0.1) is 35.5 Å². The summed E-state index contributed by atoms with van der Waals surface area (Å²) in [5.74, 6) is -9.40. The molecule has 2 saturated heterocycles. The second-order valence-electron chi connectivity index (χ2n) is 24.6. The van der Waals surface area contributed by atoms with E-state index in [9.17, 15) is 58.2 Å². The molecule has 2 aromatic carbocycles. The Labute approximate surface area is 531 Å². The number of aliphatic imine (C=N–C) groups is 1. The number of nitrogens with two attached hydrogens (primary N) is 2. The maximum atomic E-state index is 14.8. The molecule has 2 aliphatic heterocycles. The van der Waals surface area contributed by atoms with Crippen molar-refractivity contribution in [2.75, 3.05) is 19.7 Å². The quantitative estimate of drug-likeness (QED) is 0.00718. The molecule has 9 atom stereocenters. The Kier molecular flexibility index (Phi) is 29.7. The molecular formula is C66H93N11O14. The zero-order valence-electron chi connectivity index (χ0n) is 53.0. The van der Waals surface area contributed by atoms with E-state index in [1.165, 1.54) is 24.7 Å². The number of H-pyrrole nitrogens is 2. The first-order chi connectivity index (χ1) is 43.4. The Morgan fingerprint density at radius 3 is 2.00 bits per heavy atom. The number of aromatic nitrogens is 3. The van der Waals surface area contributed by atoms with Crippen molar-refractivity contribution in [3.8, 4) is 5.75 Å². The van der Waals surface area contributed by atoms with Crippen molar-refractivity contribution in [3.63, 3.8) is 0 Å². The summed E-state index contributed by atoms with van der Waals surface area (Å²) in [6.07, 6.45) is 7.52. The largest absolute Gasteiger partial charge is 0.508 e. The lowest BCUT2D eigenvalue weighted by Crippen LogP contribution is -2.50. The summed E-state index contributed by atoms with van der Waals surface area (Å²) in [5.41, 5.74) is 13.6. The number of hydrogen-bond donors (Lipinski definition) is 11. The van der Waals surface area contributed by atoms with Gasteiger partial charge in [-0.1, -0.05) is 71.5 Å². The smallest absolute Gasteiger partial charge is 0.226 e. The van der Waals surface area contributed by atoms with Gasteiger partial charge < -0.3 is 62.7 Å². The Morgan fingerprint density at radius 2 is 1.40 bits per heavy atom. The lowest BCUT2D eigenvalue weighted by Gasteiger charge is -2.30. The summed E-state index contributed by atoms with van der Waals surface area (Å²) in [5, 5.41) is 40.3. The number of aliphatic hydroxyl groups excluding tert-OH is 1. The van der Waals surface area contributed by atoms with Crippen LogP contribution < -0.4 is 32.7 Å². The number of nitrogens with one attached hydrogen (secondary N) is 6. The van der Waals surface area contributed by atoms with Gasteiger partial charge in [-0.25, -0.2) is 10.2 Å². The van der Waals surface area contributed by atoms with E-state index in [1.54, 1.807) is 23.2 Å². The molecule has 2 aliphatic rings. The lowest BCUT2D eigenvalue weighted by molar-refractivity contribution is -0.186. The number of ketones is 5. The van der Waals surface area contributed by atoms with E-state index in [0.717, 1.165) is 17.2 Å². The maximum Gasteiger partial charge on any atom is 0.226 e. The van der Waals surface area contributed by atoms with Crippen LogP contribution in [0.1, 0.15) is 141 Å². The van der Waals surface area contributed by atoms with Crippen molar-refractivity contribution in [1.82, 2.24) is 41.1 Å². The number of aliphatic hydroxyl groups is 1. The van der Waals surface area contributed by atoms with Crippen molar-refractivity contribution < 1.29 is 68.3 Å². The van der Waals surface area contributed by atoms with Crippen LogP contribution in [0.4, 0.5) is 0 Å². The Bertz CT molecular complexity index is 3120. The first-order valence-corrected chi connectivity index (χ1v) is 31.5. The SMILES string of the molecule is C=COO.CCCC(=O)[C@@H]1CCCN1C(=O)[C@H](CCCN=C(N)N)CC(=O)[C@H](CC(C)C)NC(=O)[C@H](CC(=O)[C@H](Cc1ccc(O)cc1)NC(=O)[C@H](CO)CC(=O)[C@H](Cc1c[nH]c2ccccc12)NC(=O)[C@@H](CC(=O)[C@@H]1CCC(=O)N1)Cc1cnc[nH]1)CC(C)C. The fourth-order valence-corrected chi connectivity index (χ4v) is 11.8. The number of benzene rings is 2. The van der Waals surface area contributed by atoms with Gasteiger partial charge in [-0.05, 0) is 98.9 Å². The molecular weight excluding hydrogens is 1170 g/mol.